The minimum Gasteiger partial charge on any atom is -0.468 e. The summed E-state index contributed by atoms with van der Waals surface area (Å²) in [6.07, 6.45) is -1.49. The van der Waals surface area contributed by atoms with Crippen LogP contribution in [-0.2, 0) is 66.7 Å². The van der Waals surface area contributed by atoms with Gasteiger partial charge >= 0.3 is 17.9 Å². The lowest BCUT2D eigenvalue weighted by Crippen LogP contribution is -2.29. The lowest BCUT2D eigenvalue weighted by molar-refractivity contribution is -0.163. The Bertz CT molecular complexity index is 518. The summed E-state index contributed by atoms with van der Waals surface area (Å²) in [6.45, 7) is 6.45. The maximum absolute atomic E-state index is 10.6. The van der Waals surface area contributed by atoms with Gasteiger partial charge in [-0.3, -0.25) is 33.6 Å². The largest absolute Gasteiger partial charge is 0.468 e. The van der Waals surface area contributed by atoms with Crippen molar-refractivity contribution >= 4 is 43.8 Å². The molecule has 0 fully saturated rings. The topological polar surface area (TPSA) is 184 Å². The number of ether oxygens (including phenoxy) is 7. The van der Waals surface area contributed by atoms with Crippen molar-refractivity contribution < 1.29 is 66.7 Å². The fraction of sp³-hybridized carbons (Fsp3) is 0.611. The number of rotatable bonds is 15. The Morgan fingerprint density at radius 1 is 0.625 bits per heavy atom. The van der Waals surface area contributed by atoms with E-state index in [2.05, 4.69) is 28.4 Å². The summed E-state index contributed by atoms with van der Waals surface area (Å²) in [7, 11) is 0. The number of hydrogen-bond donors (Lipinski definition) is 0. The second-order valence-electron chi connectivity index (χ2n) is 5.10. The van der Waals surface area contributed by atoms with Crippen LogP contribution in [0.2, 0.25) is 0 Å². The van der Waals surface area contributed by atoms with E-state index in [1.54, 1.807) is 6.92 Å². The molecule has 0 atom stereocenters. The van der Waals surface area contributed by atoms with Gasteiger partial charge in [-0.1, -0.05) is 0 Å². The van der Waals surface area contributed by atoms with E-state index in [0.29, 0.717) is 13.1 Å². The third kappa shape index (κ3) is 31.0. The van der Waals surface area contributed by atoms with Crippen LogP contribution in [0.3, 0.4) is 0 Å². The van der Waals surface area contributed by atoms with Gasteiger partial charge in [-0.25, -0.2) is 0 Å². The van der Waals surface area contributed by atoms with Crippen LogP contribution in [0.1, 0.15) is 27.7 Å². The Hall–Kier alpha value is -3.71. The Morgan fingerprint density at radius 2 is 1.06 bits per heavy atom. The highest BCUT2D eigenvalue weighted by atomic mass is 16.6. The molecule has 32 heavy (non-hydrogen) atoms. The molecule has 184 valence electrons. The highest BCUT2D eigenvalue weighted by molar-refractivity contribution is 5.67. The second kappa shape index (κ2) is 25.3. The first kappa shape index (κ1) is 32.9. The van der Waals surface area contributed by atoms with E-state index >= 15 is 0 Å². The zero-order valence-corrected chi connectivity index (χ0v) is 18.2. The van der Waals surface area contributed by atoms with Crippen molar-refractivity contribution in [2.45, 2.75) is 39.9 Å². The molecule has 0 unspecified atom stereocenters. The fourth-order valence-corrected chi connectivity index (χ4v) is 1.34. The molecule has 0 radical (unpaired) electrons. The van der Waals surface area contributed by atoms with Gasteiger partial charge in [-0.15, -0.1) is 0 Å². The molecule has 0 aliphatic heterocycles. The number of hydrogen-bond acceptors (Lipinski definition) is 14. The molecular weight excluding hydrogens is 440 g/mol. The molecule has 0 saturated carbocycles. The van der Waals surface area contributed by atoms with E-state index < -0.39 is 30.1 Å². The molecule has 0 aromatic rings. The average Bonchev–Trinajstić information content (AvgIpc) is 2.73. The van der Waals surface area contributed by atoms with E-state index in [4.69, 9.17) is 4.74 Å². The fourth-order valence-electron chi connectivity index (χ4n) is 1.34. The molecule has 0 rings (SSSR count). The van der Waals surface area contributed by atoms with Gasteiger partial charge in [0.15, 0.2) is 12.2 Å². The molecular formula is C18H28O14. The summed E-state index contributed by atoms with van der Waals surface area (Å²) in [5.41, 5.74) is 0. The summed E-state index contributed by atoms with van der Waals surface area (Å²) in [4.78, 5) is 70.1. The van der Waals surface area contributed by atoms with Crippen molar-refractivity contribution in [3.05, 3.63) is 0 Å². The van der Waals surface area contributed by atoms with E-state index in [-0.39, 0.29) is 45.8 Å². The van der Waals surface area contributed by atoms with Gasteiger partial charge in [-0.2, -0.15) is 0 Å². The highest BCUT2D eigenvalue weighted by Gasteiger charge is 2.15. The summed E-state index contributed by atoms with van der Waals surface area (Å²) in [6, 6.07) is 0. The number of esters is 3. The minimum absolute atomic E-state index is 0.123. The molecule has 0 bridgehead atoms. The maximum Gasteiger partial charge on any atom is 0.303 e. The zero-order chi connectivity index (χ0) is 25.2. The molecule has 0 spiro atoms. The van der Waals surface area contributed by atoms with Crippen LogP contribution >= 0.6 is 0 Å². The van der Waals surface area contributed by atoms with Gasteiger partial charge in [-0.05, 0) is 6.92 Å². The molecule has 0 aliphatic rings. The number of carbonyl (C=O) groups excluding carboxylic acids is 7. The van der Waals surface area contributed by atoms with Crippen molar-refractivity contribution in [1.29, 1.82) is 0 Å². The second-order valence-corrected chi connectivity index (χ2v) is 5.10. The molecule has 0 aliphatic carbocycles. The maximum atomic E-state index is 10.6. The first-order valence-electron chi connectivity index (χ1n) is 8.87. The van der Waals surface area contributed by atoms with Gasteiger partial charge in [0.1, 0.15) is 26.4 Å². The molecule has 0 heterocycles. The van der Waals surface area contributed by atoms with Crippen LogP contribution < -0.4 is 0 Å². The molecule has 0 amide bonds. The Morgan fingerprint density at radius 3 is 1.31 bits per heavy atom. The van der Waals surface area contributed by atoms with Crippen LogP contribution in [0.15, 0.2) is 0 Å². The highest BCUT2D eigenvalue weighted by Crippen LogP contribution is 1.97. The van der Waals surface area contributed by atoms with Crippen molar-refractivity contribution in [1.82, 2.24) is 0 Å². The molecule has 14 nitrogen and oxygen atoms in total. The molecule has 0 aromatic heterocycles. The molecule has 0 aromatic carbocycles. The van der Waals surface area contributed by atoms with Crippen LogP contribution in [-0.4, -0.2) is 89.0 Å². The standard InChI is InChI=1S/C9H14O6.C6H8O6.C3H6O2/c1-6(10)13-4-9(15-8(3)12)5-14-7(2)11;7-3-10-1-6(12-5-9)2-11-4-8;1-2-5-3-4/h9H,4-5H2,1-3H3;3-6H,1-2H2;3H,2H2,1H3. The summed E-state index contributed by atoms with van der Waals surface area (Å²) >= 11 is 0. The van der Waals surface area contributed by atoms with E-state index in [1.165, 1.54) is 20.8 Å². The van der Waals surface area contributed by atoms with E-state index in [1.807, 2.05) is 0 Å². The predicted molar refractivity (Wildman–Crippen MR) is 101 cm³/mol. The summed E-state index contributed by atoms with van der Waals surface area (Å²) in [5.74, 6) is -1.51. The third-order valence-corrected chi connectivity index (χ3v) is 2.46. The lowest BCUT2D eigenvalue weighted by atomic mass is 10.4. The lowest BCUT2D eigenvalue weighted by Gasteiger charge is -2.15. The first-order valence-corrected chi connectivity index (χ1v) is 8.87. The van der Waals surface area contributed by atoms with Gasteiger partial charge < -0.3 is 33.2 Å². The van der Waals surface area contributed by atoms with Crippen molar-refractivity contribution in [2.75, 3.05) is 33.0 Å². The summed E-state index contributed by atoms with van der Waals surface area (Å²) in [5, 5.41) is 0. The minimum atomic E-state index is -0.754. The van der Waals surface area contributed by atoms with E-state index in [9.17, 15) is 33.6 Å². The Kier molecular flexibility index (Phi) is 26.1. The van der Waals surface area contributed by atoms with Gasteiger partial charge in [0.05, 0.1) is 6.61 Å². The van der Waals surface area contributed by atoms with Crippen molar-refractivity contribution in [2.24, 2.45) is 0 Å². The SMILES string of the molecule is CC(=O)OCC(COC(C)=O)OC(C)=O.CCOC=O.O=COCC(COC=O)OC=O. The molecule has 0 saturated heterocycles. The van der Waals surface area contributed by atoms with Gasteiger partial charge in [0.25, 0.3) is 25.9 Å². The van der Waals surface area contributed by atoms with Crippen molar-refractivity contribution in [3.63, 3.8) is 0 Å². The van der Waals surface area contributed by atoms with Crippen LogP contribution in [0.25, 0.3) is 0 Å². The molecule has 14 heteroatoms. The Balaban J connectivity index is -0.000000441. The third-order valence-electron chi connectivity index (χ3n) is 2.46. The Labute approximate surface area is 184 Å². The van der Waals surface area contributed by atoms with Gasteiger partial charge in [0.2, 0.25) is 0 Å². The smallest absolute Gasteiger partial charge is 0.303 e. The normalized spacial score (nSPS) is 8.81. The van der Waals surface area contributed by atoms with Crippen LogP contribution in [0.5, 0.6) is 0 Å². The zero-order valence-electron chi connectivity index (χ0n) is 18.2. The summed E-state index contributed by atoms with van der Waals surface area (Å²) < 4.78 is 31.1. The van der Waals surface area contributed by atoms with Gasteiger partial charge in [0, 0.05) is 20.8 Å². The average molecular weight is 468 g/mol. The van der Waals surface area contributed by atoms with Crippen molar-refractivity contribution in [3.8, 4) is 0 Å². The van der Waals surface area contributed by atoms with Crippen LogP contribution in [0.4, 0.5) is 0 Å². The quantitative estimate of drug-likeness (QED) is 0.163. The number of carbonyl (C=O) groups is 7. The first-order chi connectivity index (χ1) is 15.2. The van der Waals surface area contributed by atoms with E-state index in [0.717, 1.165) is 0 Å². The monoisotopic (exact) mass is 468 g/mol. The van der Waals surface area contributed by atoms with Crippen LogP contribution in [0, 0.1) is 0 Å². The predicted octanol–water partition coefficient (Wildman–Crippen LogP) is -0.902. The molecule has 0 N–H and O–H groups in total.